The zero-order valence-corrected chi connectivity index (χ0v) is 10.7. The van der Waals surface area contributed by atoms with Crippen LogP contribution in [0.4, 0.5) is 0 Å². The zero-order valence-electron chi connectivity index (χ0n) is 10.7. The van der Waals surface area contributed by atoms with Gasteiger partial charge in [-0.15, -0.1) is 0 Å². The van der Waals surface area contributed by atoms with Gasteiger partial charge >= 0.3 is 0 Å². The first-order valence-electron chi connectivity index (χ1n) is 6.13. The molecule has 15 heavy (non-hydrogen) atoms. The largest absolute Gasteiger partial charge is 0.303 e. The quantitative estimate of drug-likeness (QED) is 0.652. The molecule has 0 aromatic carbocycles. The van der Waals surface area contributed by atoms with Crippen LogP contribution in [0.15, 0.2) is 0 Å². The molecule has 0 atom stereocenters. The molecule has 1 rings (SSSR count). The Bertz CT molecular complexity index is 217. The Hall–Kier alpha value is -0.370. The van der Waals surface area contributed by atoms with Gasteiger partial charge < -0.3 is 9.69 Å². The van der Waals surface area contributed by atoms with Crippen LogP contribution in [0.3, 0.4) is 0 Å². The normalized spacial score (nSPS) is 20.9. The van der Waals surface area contributed by atoms with Crippen molar-refractivity contribution in [2.75, 3.05) is 13.6 Å². The number of carbonyl (C=O) groups excluding carboxylic acids is 1. The van der Waals surface area contributed by atoms with E-state index in [0.29, 0.717) is 0 Å². The van der Waals surface area contributed by atoms with Crippen molar-refractivity contribution in [1.82, 2.24) is 4.90 Å². The van der Waals surface area contributed by atoms with Crippen LogP contribution in [0, 0.1) is 5.41 Å². The Morgan fingerprint density at radius 1 is 1.33 bits per heavy atom. The molecular weight excluding hydrogens is 186 g/mol. The molecule has 0 amide bonds. The van der Waals surface area contributed by atoms with Crippen LogP contribution in [0.5, 0.6) is 0 Å². The Morgan fingerprint density at radius 2 is 1.87 bits per heavy atom. The fourth-order valence-corrected chi connectivity index (χ4v) is 2.35. The highest BCUT2D eigenvalue weighted by Crippen LogP contribution is 2.38. The number of hydrogen-bond acceptors (Lipinski definition) is 2. The van der Waals surface area contributed by atoms with E-state index < -0.39 is 0 Å². The third-order valence-corrected chi connectivity index (χ3v) is 4.30. The average Bonchev–Trinajstić information content (AvgIpc) is 2.67. The van der Waals surface area contributed by atoms with Crippen molar-refractivity contribution in [2.45, 2.75) is 58.4 Å². The molecular formula is C13H25NO. The van der Waals surface area contributed by atoms with Crippen LogP contribution in [-0.2, 0) is 4.79 Å². The standard InChI is InChI=1S/C13H25NO/c1-5-12(2,3)14(4)10-13(11-15)8-6-7-9-13/h11H,5-10H2,1-4H3. The van der Waals surface area contributed by atoms with Gasteiger partial charge in [0.15, 0.2) is 0 Å². The van der Waals surface area contributed by atoms with Crippen molar-refractivity contribution >= 4 is 6.29 Å². The van der Waals surface area contributed by atoms with Gasteiger partial charge in [-0.1, -0.05) is 19.8 Å². The summed E-state index contributed by atoms with van der Waals surface area (Å²) in [5, 5.41) is 0. The fourth-order valence-electron chi connectivity index (χ4n) is 2.35. The number of aldehydes is 1. The molecule has 88 valence electrons. The van der Waals surface area contributed by atoms with Gasteiger partial charge in [0, 0.05) is 17.5 Å². The van der Waals surface area contributed by atoms with Crippen LogP contribution in [0.25, 0.3) is 0 Å². The molecule has 0 aliphatic heterocycles. The van der Waals surface area contributed by atoms with Crippen molar-refractivity contribution < 1.29 is 4.79 Å². The molecule has 0 unspecified atom stereocenters. The first kappa shape index (κ1) is 12.7. The van der Waals surface area contributed by atoms with E-state index in [1.807, 2.05) is 0 Å². The topological polar surface area (TPSA) is 20.3 Å². The van der Waals surface area contributed by atoms with Crippen LogP contribution in [-0.4, -0.2) is 30.3 Å². The van der Waals surface area contributed by atoms with Crippen LogP contribution in [0.1, 0.15) is 52.9 Å². The van der Waals surface area contributed by atoms with Crippen molar-refractivity contribution in [2.24, 2.45) is 5.41 Å². The molecule has 0 heterocycles. The summed E-state index contributed by atoms with van der Waals surface area (Å²) in [6.07, 6.45) is 6.94. The molecule has 1 fully saturated rings. The first-order valence-corrected chi connectivity index (χ1v) is 6.13. The highest BCUT2D eigenvalue weighted by molar-refractivity contribution is 5.60. The average molecular weight is 211 g/mol. The summed E-state index contributed by atoms with van der Waals surface area (Å²) in [5.74, 6) is 0. The van der Waals surface area contributed by atoms with E-state index >= 15 is 0 Å². The maximum atomic E-state index is 11.3. The van der Waals surface area contributed by atoms with E-state index in [1.54, 1.807) is 0 Å². The molecule has 1 aliphatic carbocycles. The maximum Gasteiger partial charge on any atom is 0.127 e. The molecule has 1 saturated carbocycles. The minimum Gasteiger partial charge on any atom is -0.303 e. The number of nitrogens with zero attached hydrogens (tertiary/aromatic N) is 1. The Morgan fingerprint density at radius 3 is 2.27 bits per heavy atom. The minimum atomic E-state index is -0.0405. The molecule has 0 N–H and O–H groups in total. The van der Waals surface area contributed by atoms with Gasteiger partial charge in [-0.05, 0) is 40.2 Å². The monoisotopic (exact) mass is 211 g/mol. The van der Waals surface area contributed by atoms with E-state index in [-0.39, 0.29) is 11.0 Å². The van der Waals surface area contributed by atoms with Crippen LogP contribution in [0.2, 0.25) is 0 Å². The van der Waals surface area contributed by atoms with E-state index in [1.165, 1.54) is 19.1 Å². The smallest absolute Gasteiger partial charge is 0.127 e. The summed E-state index contributed by atoms with van der Waals surface area (Å²) < 4.78 is 0. The molecule has 0 aromatic heterocycles. The van der Waals surface area contributed by atoms with Gasteiger partial charge in [-0.3, -0.25) is 0 Å². The number of carbonyl (C=O) groups is 1. The molecule has 2 heteroatoms. The van der Waals surface area contributed by atoms with Crippen LogP contribution < -0.4 is 0 Å². The lowest BCUT2D eigenvalue weighted by Gasteiger charge is -2.39. The third kappa shape index (κ3) is 2.81. The highest BCUT2D eigenvalue weighted by atomic mass is 16.1. The summed E-state index contributed by atoms with van der Waals surface area (Å²) in [6.45, 7) is 7.64. The van der Waals surface area contributed by atoms with Crippen LogP contribution >= 0.6 is 0 Å². The Kier molecular flexibility index (Phi) is 3.93. The van der Waals surface area contributed by atoms with Gasteiger partial charge in [-0.2, -0.15) is 0 Å². The van der Waals surface area contributed by atoms with Crippen molar-refractivity contribution in [1.29, 1.82) is 0 Å². The SMILES string of the molecule is CCC(C)(C)N(C)CC1(C=O)CCCC1. The predicted octanol–water partition coefficient (Wildman–Crippen LogP) is 2.87. The summed E-state index contributed by atoms with van der Waals surface area (Å²) in [7, 11) is 2.15. The molecule has 0 spiro atoms. The van der Waals surface area contributed by atoms with E-state index in [2.05, 4.69) is 32.7 Å². The second-order valence-corrected chi connectivity index (χ2v) is 5.71. The third-order valence-electron chi connectivity index (χ3n) is 4.30. The maximum absolute atomic E-state index is 11.3. The van der Waals surface area contributed by atoms with E-state index in [4.69, 9.17) is 0 Å². The highest BCUT2D eigenvalue weighted by Gasteiger charge is 2.37. The molecule has 0 radical (unpaired) electrons. The Labute approximate surface area is 94.0 Å². The summed E-state index contributed by atoms with van der Waals surface area (Å²) in [4.78, 5) is 13.6. The Balaban J connectivity index is 2.63. The van der Waals surface area contributed by atoms with Gasteiger partial charge in [0.1, 0.15) is 6.29 Å². The molecule has 1 aliphatic rings. The lowest BCUT2D eigenvalue weighted by Crippen LogP contribution is -2.46. The number of hydrogen-bond donors (Lipinski definition) is 0. The van der Waals surface area contributed by atoms with Crippen molar-refractivity contribution in [3.8, 4) is 0 Å². The predicted molar refractivity (Wildman–Crippen MR) is 64.0 cm³/mol. The van der Waals surface area contributed by atoms with Crippen molar-refractivity contribution in [3.05, 3.63) is 0 Å². The second kappa shape index (κ2) is 4.65. The van der Waals surface area contributed by atoms with Gasteiger partial charge in [0.05, 0.1) is 0 Å². The first-order chi connectivity index (χ1) is 6.96. The van der Waals surface area contributed by atoms with E-state index in [9.17, 15) is 4.79 Å². The summed E-state index contributed by atoms with van der Waals surface area (Å²) >= 11 is 0. The van der Waals surface area contributed by atoms with Gasteiger partial charge in [0.25, 0.3) is 0 Å². The van der Waals surface area contributed by atoms with Gasteiger partial charge in [-0.25, -0.2) is 0 Å². The van der Waals surface area contributed by atoms with Gasteiger partial charge in [0.2, 0.25) is 0 Å². The minimum absolute atomic E-state index is 0.0405. The molecule has 2 nitrogen and oxygen atoms in total. The zero-order chi connectivity index (χ0) is 11.5. The summed E-state index contributed by atoms with van der Waals surface area (Å²) in [5.41, 5.74) is 0.166. The molecule has 0 saturated heterocycles. The fraction of sp³-hybridized carbons (Fsp3) is 0.923. The van der Waals surface area contributed by atoms with Crippen molar-refractivity contribution in [3.63, 3.8) is 0 Å². The molecule has 0 aromatic rings. The lowest BCUT2D eigenvalue weighted by molar-refractivity contribution is -0.117. The number of rotatable bonds is 5. The van der Waals surface area contributed by atoms with E-state index in [0.717, 1.165) is 25.8 Å². The molecule has 0 bridgehead atoms. The second-order valence-electron chi connectivity index (χ2n) is 5.71. The summed E-state index contributed by atoms with van der Waals surface area (Å²) in [6, 6.07) is 0. The lowest BCUT2D eigenvalue weighted by atomic mass is 9.85.